The average Bonchev–Trinajstić information content (AvgIpc) is 2.72. The predicted molar refractivity (Wildman–Crippen MR) is 110 cm³/mol. The van der Waals surface area contributed by atoms with Gasteiger partial charge in [0, 0.05) is 53.6 Å². The number of halogens is 1. The Morgan fingerprint density at radius 1 is 1.31 bits per heavy atom. The van der Waals surface area contributed by atoms with Crippen molar-refractivity contribution in [3.05, 3.63) is 62.7 Å². The lowest BCUT2D eigenvalue weighted by Gasteiger charge is -2.39. The standard InChI is InChI=1S/C20H22ClN3O5/c1-28-18-5-2-13(21)10-16(18)20(6-8-29-9-7-20)12-23-17-4-3-14(24(26)27)11-15(17)19(22)25/h2-5,10-11,23H,6-9,12H2,1H3,(H2,22,25). The maximum Gasteiger partial charge on any atom is 0.270 e. The number of carbonyl (C=O) groups excluding carboxylic acids is 1. The number of primary amides is 1. The molecular formula is C20H22ClN3O5. The predicted octanol–water partition coefficient (Wildman–Crippen LogP) is 3.52. The van der Waals surface area contributed by atoms with Gasteiger partial charge in [-0.15, -0.1) is 0 Å². The molecule has 0 aromatic heterocycles. The van der Waals surface area contributed by atoms with Crippen molar-refractivity contribution >= 4 is 28.9 Å². The van der Waals surface area contributed by atoms with Crippen LogP contribution in [0.5, 0.6) is 5.75 Å². The van der Waals surface area contributed by atoms with Gasteiger partial charge in [0.1, 0.15) is 5.75 Å². The third kappa shape index (κ3) is 4.44. The number of nitrogens with zero attached hydrogens (tertiary/aromatic N) is 1. The number of benzene rings is 2. The maximum absolute atomic E-state index is 11.8. The number of nitrogens with two attached hydrogens (primary N) is 1. The lowest BCUT2D eigenvalue weighted by molar-refractivity contribution is -0.384. The van der Waals surface area contributed by atoms with Crippen LogP contribution >= 0.6 is 11.6 Å². The van der Waals surface area contributed by atoms with E-state index in [1.54, 1.807) is 13.2 Å². The number of carbonyl (C=O) groups is 1. The first-order chi connectivity index (χ1) is 13.9. The van der Waals surface area contributed by atoms with E-state index in [4.69, 9.17) is 26.8 Å². The minimum absolute atomic E-state index is 0.0690. The summed E-state index contributed by atoms with van der Waals surface area (Å²) in [6, 6.07) is 9.51. The number of rotatable bonds is 7. The monoisotopic (exact) mass is 419 g/mol. The number of hydrogen-bond donors (Lipinski definition) is 2. The van der Waals surface area contributed by atoms with Gasteiger partial charge >= 0.3 is 0 Å². The number of nitro benzene ring substituents is 1. The molecule has 3 rings (SSSR count). The second-order valence-electron chi connectivity index (χ2n) is 6.94. The SMILES string of the molecule is COc1ccc(Cl)cc1C1(CNc2ccc([N+](=O)[O-])cc2C(N)=O)CCOCC1. The molecule has 9 heteroatoms. The fraction of sp³-hybridized carbons (Fsp3) is 0.350. The summed E-state index contributed by atoms with van der Waals surface area (Å²) in [5, 5.41) is 14.9. The molecule has 3 N–H and O–H groups in total. The summed E-state index contributed by atoms with van der Waals surface area (Å²) in [5.41, 5.74) is 6.35. The van der Waals surface area contributed by atoms with Gasteiger partial charge in [-0.2, -0.15) is 0 Å². The Morgan fingerprint density at radius 2 is 2.03 bits per heavy atom. The van der Waals surface area contributed by atoms with Crippen LogP contribution in [0.3, 0.4) is 0 Å². The van der Waals surface area contributed by atoms with Crippen molar-refractivity contribution in [2.24, 2.45) is 5.73 Å². The highest BCUT2D eigenvalue weighted by Crippen LogP contribution is 2.41. The minimum Gasteiger partial charge on any atom is -0.496 e. The smallest absolute Gasteiger partial charge is 0.270 e. The molecule has 8 nitrogen and oxygen atoms in total. The highest BCUT2D eigenvalue weighted by atomic mass is 35.5. The van der Waals surface area contributed by atoms with Crippen molar-refractivity contribution in [2.75, 3.05) is 32.2 Å². The fourth-order valence-corrected chi connectivity index (χ4v) is 3.84. The van der Waals surface area contributed by atoms with Crippen molar-refractivity contribution < 1.29 is 19.2 Å². The highest BCUT2D eigenvalue weighted by Gasteiger charge is 2.37. The number of ether oxygens (including phenoxy) is 2. The van der Waals surface area contributed by atoms with Gasteiger partial charge in [-0.3, -0.25) is 14.9 Å². The number of methoxy groups -OCH3 is 1. The van der Waals surface area contributed by atoms with Crippen LogP contribution in [0.25, 0.3) is 0 Å². The van der Waals surface area contributed by atoms with Crippen molar-refractivity contribution in [1.82, 2.24) is 0 Å². The minimum atomic E-state index is -0.738. The van der Waals surface area contributed by atoms with E-state index in [1.165, 1.54) is 18.2 Å². The molecule has 0 atom stereocenters. The van der Waals surface area contributed by atoms with Gasteiger partial charge in [0.25, 0.3) is 11.6 Å². The van der Waals surface area contributed by atoms with Crippen LogP contribution in [0.1, 0.15) is 28.8 Å². The first-order valence-corrected chi connectivity index (χ1v) is 9.48. The second kappa shape index (κ2) is 8.67. The number of nitrogens with one attached hydrogen (secondary N) is 1. The summed E-state index contributed by atoms with van der Waals surface area (Å²) in [5.74, 6) is -0.0190. The Kier molecular flexibility index (Phi) is 6.24. The van der Waals surface area contributed by atoms with Gasteiger partial charge in [-0.1, -0.05) is 11.6 Å². The zero-order valence-corrected chi connectivity index (χ0v) is 16.7. The number of anilines is 1. The van der Waals surface area contributed by atoms with Crippen LogP contribution in [-0.4, -0.2) is 37.7 Å². The second-order valence-corrected chi connectivity index (χ2v) is 7.38. The van der Waals surface area contributed by atoms with Gasteiger partial charge < -0.3 is 20.5 Å². The third-order valence-electron chi connectivity index (χ3n) is 5.28. The Balaban J connectivity index is 1.96. The molecule has 1 aliphatic rings. The average molecular weight is 420 g/mol. The molecule has 0 radical (unpaired) electrons. The summed E-state index contributed by atoms with van der Waals surface area (Å²) in [7, 11) is 1.61. The lowest BCUT2D eigenvalue weighted by Crippen LogP contribution is -2.40. The topological polar surface area (TPSA) is 117 Å². The van der Waals surface area contributed by atoms with Crippen LogP contribution in [-0.2, 0) is 10.2 Å². The molecule has 2 aromatic rings. The molecule has 0 aliphatic carbocycles. The molecule has 1 heterocycles. The molecule has 1 fully saturated rings. The molecule has 1 amide bonds. The zero-order valence-electron chi connectivity index (χ0n) is 15.9. The first-order valence-electron chi connectivity index (χ1n) is 9.10. The van der Waals surface area contributed by atoms with E-state index in [0.29, 0.717) is 30.5 Å². The van der Waals surface area contributed by atoms with Crippen LogP contribution < -0.4 is 15.8 Å². The maximum atomic E-state index is 11.8. The summed E-state index contributed by atoms with van der Waals surface area (Å²) in [6.07, 6.45) is 1.44. The fourth-order valence-electron chi connectivity index (χ4n) is 3.67. The van der Waals surface area contributed by atoms with Gasteiger partial charge in [0.2, 0.25) is 0 Å². The molecule has 0 spiro atoms. The van der Waals surface area contributed by atoms with Crippen molar-refractivity contribution in [1.29, 1.82) is 0 Å². The van der Waals surface area contributed by atoms with Crippen molar-refractivity contribution in [2.45, 2.75) is 18.3 Å². The van der Waals surface area contributed by atoms with E-state index in [9.17, 15) is 14.9 Å². The molecule has 0 bridgehead atoms. The first kappa shape index (κ1) is 20.9. The molecule has 2 aromatic carbocycles. The van der Waals surface area contributed by atoms with E-state index < -0.39 is 10.8 Å². The van der Waals surface area contributed by atoms with Gasteiger partial charge in [-0.25, -0.2) is 0 Å². The molecule has 1 aliphatic heterocycles. The summed E-state index contributed by atoms with van der Waals surface area (Å²) in [4.78, 5) is 22.3. The van der Waals surface area contributed by atoms with Gasteiger partial charge in [-0.05, 0) is 37.1 Å². The van der Waals surface area contributed by atoms with Crippen LogP contribution in [0.15, 0.2) is 36.4 Å². The van der Waals surface area contributed by atoms with E-state index in [1.807, 2.05) is 12.1 Å². The van der Waals surface area contributed by atoms with Crippen LogP contribution in [0, 0.1) is 10.1 Å². The largest absolute Gasteiger partial charge is 0.496 e. The van der Waals surface area contributed by atoms with Gasteiger partial charge in [0.05, 0.1) is 17.6 Å². The molecule has 0 unspecified atom stereocenters. The highest BCUT2D eigenvalue weighted by molar-refractivity contribution is 6.30. The Morgan fingerprint density at radius 3 is 2.66 bits per heavy atom. The van der Waals surface area contributed by atoms with E-state index in [-0.39, 0.29) is 16.7 Å². The molecule has 29 heavy (non-hydrogen) atoms. The van der Waals surface area contributed by atoms with Crippen LogP contribution in [0.4, 0.5) is 11.4 Å². The Bertz CT molecular complexity index is 928. The Labute approximate surface area is 173 Å². The third-order valence-corrected chi connectivity index (χ3v) is 5.51. The van der Waals surface area contributed by atoms with Crippen molar-refractivity contribution in [3.63, 3.8) is 0 Å². The molecular weight excluding hydrogens is 398 g/mol. The molecule has 0 saturated carbocycles. The summed E-state index contributed by atoms with van der Waals surface area (Å²) < 4.78 is 11.1. The van der Waals surface area contributed by atoms with Crippen molar-refractivity contribution in [3.8, 4) is 5.75 Å². The molecule has 1 saturated heterocycles. The van der Waals surface area contributed by atoms with E-state index in [2.05, 4.69) is 5.32 Å². The number of hydrogen-bond acceptors (Lipinski definition) is 6. The number of amides is 1. The summed E-state index contributed by atoms with van der Waals surface area (Å²) >= 11 is 6.25. The quantitative estimate of drug-likeness (QED) is 0.523. The lowest BCUT2D eigenvalue weighted by atomic mass is 9.73. The molecule has 154 valence electrons. The zero-order chi connectivity index (χ0) is 21.0. The summed E-state index contributed by atoms with van der Waals surface area (Å²) in [6.45, 7) is 1.59. The Hall–Kier alpha value is -2.84. The van der Waals surface area contributed by atoms with E-state index >= 15 is 0 Å². The number of non-ortho nitro benzene ring substituents is 1. The van der Waals surface area contributed by atoms with Crippen LogP contribution in [0.2, 0.25) is 5.02 Å². The number of nitro groups is 1. The van der Waals surface area contributed by atoms with Gasteiger partial charge in [0.15, 0.2) is 0 Å². The van der Waals surface area contributed by atoms with E-state index in [0.717, 1.165) is 24.2 Å². The normalized spacial score (nSPS) is 15.5.